The number of carbonyl (C=O) groups excluding carboxylic acids is 1. The number of nitrogens with two attached hydrogens (primary N) is 1. The van der Waals surface area contributed by atoms with Gasteiger partial charge in [0, 0.05) is 6.04 Å². The van der Waals surface area contributed by atoms with Crippen molar-refractivity contribution in [1.29, 1.82) is 0 Å². The second-order valence-corrected chi connectivity index (χ2v) is 11.5. The van der Waals surface area contributed by atoms with Crippen LogP contribution >= 0.6 is 7.75 Å². The summed E-state index contributed by atoms with van der Waals surface area (Å²) in [5, 5.41) is 16.8. The van der Waals surface area contributed by atoms with E-state index in [2.05, 4.69) is 25.4 Å². The van der Waals surface area contributed by atoms with Gasteiger partial charge in [-0.05, 0) is 38.8 Å². The Balaban J connectivity index is 1.35. The molecule has 5 rings (SSSR count). The number of hydrogen-bond donors (Lipinski definition) is 4. The lowest BCUT2D eigenvalue weighted by Crippen LogP contribution is -2.37. The SMILES string of the molecule is CCOC(=O)[C@H](C)N[P@@](=O)(OC[C@H]1O[C@@H](n2cnc3c(NC4CC4)nc(N)nc32)[C@@H](CF)[C@@H]1O)Oc1ccccc1. The van der Waals surface area contributed by atoms with Crippen molar-refractivity contribution in [3.05, 3.63) is 36.7 Å². The highest BCUT2D eigenvalue weighted by molar-refractivity contribution is 7.52. The average molecular weight is 594 g/mol. The molecule has 1 aliphatic heterocycles. The summed E-state index contributed by atoms with van der Waals surface area (Å²) in [5.41, 5.74) is 6.67. The van der Waals surface area contributed by atoms with Crippen molar-refractivity contribution in [3.8, 4) is 5.75 Å². The molecule has 3 aromatic rings. The number of hydrogen-bond acceptors (Lipinski definition) is 12. The van der Waals surface area contributed by atoms with Crippen molar-refractivity contribution < 1.29 is 37.4 Å². The maximum Gasteiger partial charge on any atom is 0.459 e. The van der Waals surface area contributed by atoms with Crippen LogP contribution in [0.25, 0.3) is 11.2 Å². The van der Waals surface area contributed by atoms with E-state index in [1.54, 1.807) is 37.3 Å². The number of fused-ring (bicyclic) bond motifs is 1. The maximum absolute atomic E-state index is 14.3. The Morgan fingerprint density at radius 1 is 1.32 bits per heavy atom. The Hall–Kier alpha value is -3.36. The van der Waals surface area contributed by atoms with Crippen LogP contribution in [-0.4, -0.2) is 74.8 Å². The number of nitrogen functional groups attached to an aromatic ring is 1. The highest BCUT2D eigenvalue weighted by Gasteiger charge is 2.47. The van der Waals surface area contributed by atoms with Gasteiger partial charge in [0.25, 0.3) is 0 Å². The Labute approximate surface area is 235 Å². The van der Waals surface area contributed by atoms with E-state index in [1.807, 2.05) is 0 Å². The van der Waals surface area contributed by atoms with Crippen molar-refractivity contribution in [1.82, 2.24) is 24.6 Å². The number of imidazole rings is 1. The number of rotatable bonds is 13. The predicted octanol–water partition coefficient (Wildman–Crippen LogP) is 2.57. The fraction of sp³-hybridized carbons (Fsp3) is 0.520. The van der Waals surface area contributed by atoms with Crippen molar-refractivity contribution in [2.24, 2.45) is 5.92 Å². The molecule has 1 aliphatic carbocycles. The van der Waals surface area contributed by atoms with Gasteiger partial charge in [-0.15, -0.1) is 0 Å². The van der Waals surface area contributed by atoms with Gasteiger partial charge in [-0.1, -0.05) is 18.2 Å². The van der Waals surface area contributed by atoms with Crippen molar-refractivity contribution in [3.63, 3.8) is 0 Å². The largest absolute Gasteiger partial charge is 0.465 e. The summed E-state index contributed by atoms with van der Waals surface area (Å²) in [6, 6.07) is 7.44. The molecule has 0 spiro atoms. The normalized spacial score (nSPS) is 24.6. The van der Waals surface area contributed by atoms with Gasteiger partial charge in [0.1, 0.15) is 24.1 Å². The molecule has 5 N–H and O–H groups in total. The minimum Gasteiger partial charge on any atom is -0.465 e. The maximum atomic E-state index is 14.3. The summed E-state index contributed by atoms with van der Waals surface area (Å²) in [5.74, 6) is -1.02. The Morgan fingerprint density at radius 3 is 2.76 bits per heavy atom. The van der Waals surface area contributed by atoms with Gasteiger partial charge in [0.05, 0.1) is 38.2 Å². The van der Waals surface area contributed by atoms with Gasteiger partial charge in [0.15, 0.2) is 17.0 Å². The molecule has 0 bridgehead atoms. The number of aromatic nitrogens is 4. The summed E-state index contributed by atoms with van der Waals surface area (Å²) >= 11 is 0. The summed E-state index contributed by atoms with van der Waals surface area (Å²) in [6.07, 6.45) is -0.0711. The number of aliphatic hydroxyl groups is 1. The number of para-hydroxylation sites is 1. The Bertz CT molecular complexity index is 1410. The third kappa shape index (κ3) is 6.60. The Kier molecular flexibility index (Phi) is 8.71. The van der Waals surface area contributed by atoms with E-state index in [-0.39, 0.29) is 24.3 Å². The van der Waals surface area contributed by atoms with Crippen LogP contribution in [0, 0.1) is 5.92 Å². The smallest absolute Gasteiger partial charge is 0.459 e. The molecule has 222 valence electrons. The lowest BCUT2D eigenvalue weighted by Gasteiger charge is -2.24. The lowest BCUT2D eigenvalue weighted by molar-refractivity contribution is -0.144. The molecular formula is C25H33FN7O7P. The summed E-state index contributed by atoms with van der Waals surface area (Å²) < 4.78 is 51.8. The highest BCUT2D eigenvalue weighted by atomic mass is 31.2. The fourth-order valence-electron chi connectivity index (χ4n) is 4.46. The molecule has 14 nitrogen and oxygen atoms in total. The third-order valence-corrected chi connectivity index (χ3v) is 8.32. The Morgan fingerprint density at radius 2 is 2.07 bits per heavy atom. The zero-order valence-corrected chi connectivity index (χ0v) is 23.4. The van der Waals surface area contributed by atoms with Gasteiger partial charge < -0.3 is 30.2 Å². The number of alkyl halides is 1. The topological polar surface area (TPSA) is 185 Å². The van der Waals surface area contributed by atoms with Crippen molar-refractivity contribution in [2.45, 2.75) is 57.2 Å². The quantitative estimate of drug-likeness (QED) is 0.168. The number of nitrogens with one attached hydrogen (secondary N) is 2. The first-order valence-corrected chi connectivity index (χ1v) is 14.8. The predicted molar refractivity (Wildman–Crippen MR) is 146 cm³/mol. The molecule has 1 saturated carbocycles. The molecule has 0 radical (unpaired) electrons. The molecule has 2 aliphatic rings. The zero-order valence-electron chi connectivity index (χ0n) is 22.6. The molecule has 1 saturated heterocycles. The number of halogens is 1. The van der Waals surface area contributed by atoms with E-state index in [9.17, 15) is 18.9 Å². The van der Waals surface area contributed by atoms with Crippen LogP contribution in [0.3, 0.4) is 0 Å². The van der Waals surface area contributed by atoms with E-state index >= 15 is 0 Å². The van der Waals surface area contributed by atoms with Crippen LogP contribution in [0.5, 0.6) is 5.75 Å². The molecular weight excluding hydrogens is 560 g/mol. The standard InChI is InChI=1S/C25H33FN7O7P/c1-3-37-24(35)14(2)32-41(36,40-16-7-5-4-6-8-16)38-12-18-20(34)17(11-26)23(39-18)33-13-28-19-21(29-15-9-10-15)30-25(27)31-22(19)33/h4-8,13-15,17-18,20,23,34H,3,9-12H2,1-2H3,(H,32,36)(H3,27,29,30,31)/t14-,17-,18+,20-,23+,41+/m0/s1. The summed E-state index contributed by atoms with van der Waals surface area (Å²) in [4.78, 5) is 25.1. The van der Waals surface area contributed by atoms with Crippen molar-refractivity contribution >= 4 is 36.6 Å². The molecule has 0 unspecified atom stereocenters. The highest BCUT2D eigenvalue weighted by Crippen LogP contribution is 2.46. The van der Waals surface area contributed by atoms with E-state index < -0.39 is 57.4 Å². The third-order valence-electron chi connectivity index (χ3n) is 6.68. The number of nitrogens with zero attached hydrogens (tertiary/aromatic N) is 4. The van der Waals surface area contributed by atoms with Crippen LogP contribution in [0.1, 0.15) is 32.9 Å². The molecule has 16 heteroatoms. The number of carbonyl (C=O) groups is 1. The van der Waals surface area contributed by atoms with Crippen LogP contribution in [0.4, 0.5) is 16.2 Å². The number of aliphatic hydroxyl groups excluding tert-OH is 1. The molecule has 2 aromatic heterocycles. The van der Waals surface area contributed by atoms with Gasteiger partial charge in [-0.25, -0.2) is 9.55 Å². The van der Waals surface area contributed by atoms with E-state index in [0.29, 0.717) is 17.0 Å². The van der Waals surface area contributed by atoms with E-state index in [1.165, 1.54) is 17.8 Å². The van der Waals surface area contributed by atoms with E-state index in [0.717, 1.165) is 12.8 Å². The molecule has 1 aromatic carbocycles. The number of ether oxygens (including phenoxy) is 2. The number of benzene rings is 1. The summed E-state index contributed by atoms with van der Waals surface area (Å²) in [7, 11) is -4.22. The van der Waals surface area contributed by atoms with Crippen molar-refractivity contribution in [2.75, 3.05) is 30.9 Å². The van der Waals surface area contributed by atoms with Crippen LogP contribution < -0.4 is 20.7 Å². The van der Waals surface area contributed by atoms with Gasteiger partial charge in [-0.2, -0.15) is 15.1 Å². The van der Waals surface area contributed by atoms with E-state index in [4.69, 9.17) is 24.3 Å². The van der Waals surface area contributed by atoms with Crippen LogP contribution in [-0.2, 0) is 23.4 Å². The minimum absolute atomic E-state index is 0.00146. The minimum atomic E-state index is -4.22. The molecule has 6 atom stereocenters. The molecule has 0 amide bonds. The van der Waals surface area contributed by atoms with Gasteiger partial charge >= 0.3 is 13.7 Å². The average Bonchev–Trinajstić information content (AvgIpc) is 3.57. The second kappa shape index (κ2) is 12.2. The van der Waals surface area contributed by atoms with Gasteiger partial charge in [0.2, 0.25) is 5.95 Å². The molecule has 3 heterocycles. The molecule has 2 fully saturated rings. The first-order valence-electron chi connectivity index (χ1n) is 13.3. The number of esters is 1. The number of anilines is 2. The second-order valence-electron chi connectivity index (χ2n) is 9.85. The van der Waals surface area contributed by atoms with Crippen LogP contribution in [0.15, 0.2) is 36.7 Å². The molecule has 41 heavy (non-hydrogen) atoms. The zero-order chi connectivity index (χ0) is 29.1. The van der Waals surface area contributed by atoms with Gasteiger partial charge in [-0.3, -0.25) is 18.3 Å². The fourth-order valence-corrected chi connectivity index (χ4v) is 5.96. The van der Waals surface area contributed by atoms with Crippen LogP contribution in [0.2, 0.25) is 0 Å². The monoisotopic (exact) mass is 593 g/mol. The summed E-state index contributed by atoms with van der Waals surface area (Å²) in [6.45, 7) is 1.82. The lowest BCUT2D eigenvalue weighted by atomic mass is 10.0. The first kappa shape index (κ1) is 29.1. The first-order chi connectivity index (χ1) is 19.7.